The third kappa shape index (κ3) is 3.91. The number of benzene rings is 2. The number of phenols is 1. The van der Waals surface area contributed by atoms with Gasteiger partial charge in [-0.3, -0.25) is 4.79 Å². The first-order chi connectivity index (χ1) is 12.8. The van der Waals surface area contributed by atoms with E-state index in [1.165, 1.54) is 5.56 Å². The Morgan fingerprint density at radius 1 is 1.11 bits per heavy atom. The summed E-state index contributed by atoms with van der Waals surface area (Å²) in [5, 5.41) is 12.6. The Labute approximate surface area is 161 Å². The van der Waals surface area contributed by atoms with Crippen molar-refractivity contribution in [2.24, 2.45) is 0 Å². The highest BCUT2D eigenvalue weighted by atomic mass is 16.3. The van der Waals surface area contributed by atoms with Gasteiger partial charge in [0.25, 0.3) is 0 Å². The van der Waals surface area contributed by atoms with Crippen LogP contribution in [0.1, 0.15) is 25.0 Å². The van der Waals surface area contributed by atoms with E-state index < -0.39 is 0 Å². The van der Waals surface area contributed by atoms with Crippen molar-refractivity contribution < 1.29 is 9.90 Å². The van der Waals surface area contributed by atoms with Gasteiger partial charge in [0.15, 0.2) is 0 Å². The number of phenolic OH excluding ortho intramolecular Hbond substituents is 1. The van der Waals surface area contributed by atoms with Gasteiger partial charge in [0.2, 0.25) is 5.91 Å². The third-order valence-electron chi connectivity index (χ3n) is 5.78. The van der Waals surface area contributed by atoms with Crippen molar-refractivity contribution >= 4 is 5.91 Å². The normalized spacial score (nSPS) is 19.9. The molecule has 0 saturated carbocycles. The lowest BCUT2D eigenvalue weighted by molar-refractivity contribution is -0.117. The predicted octanol–water partition coefficient (Wildman–Crippen LogP) is 3.27. The van der Waals surface area contributed by atoms with Crippen LogP contribution in [-0.2, 0) is 16.6 Å². The molecular weight excluding hydrogens is 336 g/mol. The minimum atomic E-state index is -0.240. The Hall–Kier alpha value is -2.59. The molecule has 0 spiro atoms. The van der Waals surface area contributed by atoms with Crippen molar-refractivity contribution in [3.63, 3.8) is 0 Å². The van der Waals surface area contributed by atoms with Gasteiger partial charge in [-0.1, -0.05) is 42.5 Å². The van der Waals surface area contributed by atoms with Crippen LogP contribution in [0.2, 0.25) is 0 Å². The van der Waals surface area contributed by atoms with Crippen LogP contribution in [0.15, 0.2) is 65.7 Å². The summed E-state index contributed by atoms with van der Waals surface area (Å²) in [7, 11) is 4.04. The smallest absolute Gasteiger partial charge is 0.248 e. The van der Waals surface area contributed by atoms with Crippen LogP contribution >= 0.6 is 0 Å². The first-order valence-electron chi connectivity index (χ1n) is 9.34. The zero-order valence-corrected chi connectivity index (χ0v) is 16.5. The molecule has 2 N–H and O–H groups in total. The molecule has 0 aromatic heterocycles. The molecule has 0 fully saturated rings. The van der Waals surface area contributed by atoms with Gasteiger partial charge >= 0.3 is 0 Å². The zero-order valence-electron chi connectivity index (χ0n) is 16.5. The first kappa shape index (κ1) is 19.2. The predicted molar refractivity (Wildman–Crippen MR) is 109 cm³/mol. The Balaban J connectivity index is 1.62. The number of aromatic hydroxyl groups is 1. The molecule has 1 amide bonds. The maximum Gasteiger partial charge on any atom is 0.248 e. The van der Waals surface area contributed by atoms with Crippen molar-refractivity contribution in [2.75, 3.05) is 20.6 Å². The number of allylic oxidation sites excluding steroid dienone is 1. The Morgan fingerprint density at radius 3 is 2.33 bits per heavy atom. The summed E-state index contributed by atoms with van der Waals surface area (Å²) in [4.78, 5) is 14.9. The maximum atomic E-state index is 12.8. The fourth-order valence-corrected chi connectivity index (χ4v) is 3.70. The minimum absolute atomic E-state index is 0.0245. The largest absolute Gasteiger partial charge is 0.508 e. The van der Waals surface area contributed by atoms with Crippen LogP contribution in [0.5, 0.6) is 5.75 Å². The average molecular weight is 364 g/mol. The summed E-state index contributed by atoms with van der Waals surface area (Å²) in [6.07, 6.45) is 0.807. The van der Waals surface area contributed by atoms with Gasteiger partial charge in [-0.2, -0.15) is 0 Å². The van der Waals surface area contributed by atoms with Crippen molar-refractivity contribution in [3.8, 4) is 5.75 Å². The van der Waals surface area contributed by atoms with E-state index in [1.807, 2.05) is 51.4 Å². The van der Waals surface area contributed by atoms with E-state index >= 15 is 0 Å². The molecule has 4 heteroatoms. The van der Waals surface area contributed by atoms with Gasteiger partial charge in [-0.15, -0.1) is 0 Å². The molecule has 27 heavy (non-hydrogen) atoms. The first-order valence-corrected chi connectivity index (χ1v) is 9.34. The summed E-state index contributed by atoms with van der Waals surface area (Å²) in [5.41, 5.74) is 4.09. The molecule has 0 heterocycles. The van der Waals surface area contributed by atoms with Crippen LogP contribution in [0, 0.1) is 0 Å². The Kier molecular flexibility index (Phi) is 5.38. The molecule has 142 valence electrons. The van der Waals surface area contributed by atoms with Gasteiger partial charge in [0, 0.05) is 23.6 Å². The quantitative estimate of drug-likeness (QED) is 0.793. The number of nitrogens with one attached hydrogen (secondary N) is 1. The second kappa shape index (κ2) is 7.57. The van der Waals surface area contributed by atoms with Crippen molar-refractivity contribution in [2.45, 2.75) is 31.7 Å². The van der Waals surface area contributed by atoms with Crippen LogP contribution < -0.4 is 5.32 Å². The van der Waals surface area contributed by atoms with E-state index in [-0.39, 0.29) is 23.1 Å². The van der Waals surface area contributed by atoms with Gasteiger partial charge in [-0.05, 0) is 63.2 Å². The number of carbonyl (C=O) groups is 1. The summed E-state index contributed by atoms with van der Waals surface area (Å²) >= 11 is 0. The number of hydrogen-bond donors (Lipinski definition) is 2. The second-order valence-electron chi connectivity index (χ2n) is 7.69. The van der Waals surface area contributed by atoms with E-state index in [0.717, 1.165) is 23.1 Å². The fourth-order valence-electron chi connectivity index (χ4n) is 3.70. The number of rotatable bonds is 7. The van der Waals surface area contributed by atoms with E-state index in [1.54, 1.807) is 12.1 Å². The third-order valence-corrected chi connectivity index (χ3v) is 5.78. The molecule has 0 saturated heterocycles. The molecule has 1 aliphatic rings. The molecule has 0 bridgehead atoms. The number of carbonyl (C=O) groups excluding carboxylic acids is 1. The van der Waals surface area contributed by atoms with Gasteiger partial charge in [-0.25, -0.2) is 0 Å². The summed E-state index contributed by atoms with van der Waals surface area (Å²) < 4.78 is 0. The van der Waals surface area contributed by atoms with E-state index in [2.05, 4.69) is 29.3 Å². The number of nitrogens with zero attached hydrogens (tertiary/aromatic N) is 1. The van der Waals surface area contributed by atoms with E-state index in [0.29, 0.717) is 6.54 Å². The molecule has 0 radical (unpaired) electrons. The molecule has 2 aromatic carbocycles. The lowest BCUT2D eigenvalue weighted by Crippen LogP contribution is -2.42. The molecule has 3 rings (SSSR count). The number of amides is 1. The SMILES string of the molecule is CC1=C(C(=O)NC[C@H](Cc2ccc(O)cc2)N(C)C)C1(C)c1ccccc1. The summed E-state index contributed by atoms with van der Waals surface area (Å²) in [6.45, 7) is 4.74. The number of likely N-dealkylation sites (N-methyl/N-ethyl adjacent to an activating group) is 1. The molecule has 0 aliphatic heterocycles. The van der Waals surface area contributed by atoms with Crippen LogP contribution in [0.4, 0.5) is 0 Å². The highest BCUT2D eigenvalue weighted by Crippen LogP contribution is 2.53. The van der Waals surface area contributed by atoms with Gasteiger partial charge in [0.1, 0.15) is 5.75 Å². The van der Waals surface area contributed by atoms with Gasteiger partial charge < -0.3 is 15.3 Å². The summed E-state index contributed by atoms with van der Waals surface area (Å²) in [5.74, 6) is 0.293. The monoisotopic (exact) mass is 364 g/mol. The molecule has 2 atom stereocenters. The highest BCUT2D eigenvalue weighted by molar-refractivity contribution is 6.04. The van der Waals surface area contributed by atoms with E-state index in [4.69, 9.17) is 0 Å². The lowest BCUT2D eigenvalue weighted by Gasteiger charge is -2.25. The number of hydrogen-bond acceptors (Lipinski definition) is 3. The van der Waals surface area contributed by atoms with Crippen molar-refractivity contribution in [1.82, 2.24) is 10.2 Å². The molecule has 1 unspecified atom stereocenters. The van der Waals surface area contributed by atoms with E-state index in [9.17, 15) is 9.90 Å². The van der Waals surface area contributed by atoms with Crippen LogP contribution in [0.3, 0.4) is 0 Å². The molecular formula is C23H28N2O2. The second-order valence-corrected chi connectivity index (χ2v) is 7.69. The van der Waals surface area contributed by atoms with Crippen LogP contribution in [0.25, 0.3) is 0 Å². The average Bonchev–Trinajstić information content (AvgIpc) is 3.22. The minimum Gasteiger partial charge on any atom is -0.508 e. The molecule has 4 nitrogen and oxygen atoms in total. The fraction of sp³-hybridized carbons (Fsp3) is 0.348. The standard InChI is InChI=1S/C23H28N2O2/c1-16-21(23(16,2)18-8-6-5-7-9-18)22(27)24-15-19(25(3)4)14-17-10-12-20(26)13-11-17/h5-13,19,26H,14-15H2,1-4H3,(H,24,27)/t19-,23?/m0/s1. The Morgan fingerprint density at radius 2 is 1.74 bits per heavy atom. The van der Waals surface area contributed by atoms with Crippen molar-refractivity contribution in [3.05, 3.63) is 76.9 Å². The van der Waals surface area contributed by atoms with Crippen molar-refractivity contribution in [1.29, 1.82) is 0 Å². The Bertz CT molecular complexity index is 840. The maximum absolute atomic E-state index is 12.8. The van der Waals surface area contributed by atoms with Crippen LogP contribution in [-0.4, -0.2) is 42.6 Å². The van der Waals surface area contributed by atoms with Gasteiger partial charge in [0.05, 0.1) is 0 Å². The highest BCUT2D eigenvalue weighted by Gasteiger charge is 2.51. The summed E-state index contributed by atoms with van der Waals surface area (Å²) in [6, 6.07) is 17.6. The molecule has 1 aliphatic carbocycles. The topological polar surface area (TPSA) is 52.6 Å². The molecule has 2 aromatic rings. The lowest BCUT2D eigenvalue weighted by atomic mass is 9.90. The zero-order chi connectivity index (χ0) is 19.6.